The fraction of sp³-hybridized carbons (Fsp3) is 0.571. The predicted molar refractivity (Wildman–Crippen MR) is 79.2 cm³/mol. The number of nitrogens with one attached hydrogen (secondary N) is 2. The highest BCUT2D eigenvalue weighted by Crippen LogP contribution is 2.31. The maximum atomic E-state index is 12.3. The van der Waals surface area contributed by atoms with Crippen LogP contribution in [0.3, 0.4) is 0 Å². The quantitative estimate of drug-likeness (QED) is 0.877. The minimum atomic E-state index is -3.52. The number of rotatable bonds is 4. The molecule has 1 aromatic rings. The van der Waals surface area contributed by atoms with Crippen LogP contribution in [-0.2, 0) is 14.8 Å². The Hall–Kier alpha value is -1.31. The van der Waals surface area contributed by atoms with Crippen LogP contribution < -0.4 is 14.8 Å². The SMILES string of the molecule is CC1CNc2cc(S(=O)(=O)NCC3CCCO3)ccc2O1. The van der Waals surface area contributed by atoms with Gasteiger partial charge in [-0.15, -0.1) is 0 Å². The van der Waals surface area contributed by atoms with Gasteiger partial charge >= 0.3 is 0 Å². The van der Waals surface area contributed by atoms with Crippen molar-refractivity contribution in [2.45, 2.75) is 36.9 Å². The summed E-state index contributed by atoms with van der Waals surface area (Å²) in [5.41, 5.74) is 0.716. The van der Waals surface area contributed by atoms with E-state index in [1.807, 2.05) is 6.92 Å². The lowest BCUT2D eigenvalue weighted by Crippen LogP contribution is -2.32. The number of fused-ring (bicyclic) bond motifs is 1. The van der Waals surface area contributed by atoms with Gasteiger partial charge in [0.1, 0.15) is 11.9 Å². The van der Waals surface area contributed by atoms with Crippen LogP contribution in [0.5, 0.6) is 5.75 Å². The van der Waals surface area contributed by atoms with Gasteiger partial charge in [0, 0.05) is 13.2 Å². The number of benzene rings is 1. The molecule has 7 heteroatoms. The first-order valence-electron chi connectivity index (χ1n) is 7.20. The lowest BCUT2D eigenvalue weighted by molar-refractivity contribution is 0.114. The maximum absolute atomic E-state index is 12.3. The van der Waals surface area contributed by atoms with Gasteiger partial charge < -0.3 is 14.8 Å². The van der Waals surface area contributed by atoms with Crippen molar-refractivity contribution in [3.8, 4) is 5.75 Å². The molecule has 0 amide bonds. The highest BCUT2D eigenvalue weighted by molar-refractivity contribution is 7.89. The van der Waals surface area contributed by atoms with Crippen LogP contribution in [0.15, 0.2) is 23.1 Å². The van der Waals surface area contributed by atoms with E-state index < -0.39 is 10.0 Å². The number of sulfonamides is 1. The van der Waals surface area contributed by atoms with Crippen molar-refractivity contribution < 1.29 is 17.9 Å². The number of hydrogen-bond acceptors (Lipinski definition) is 5. The second-order valence-corrected chi connectivity index (χ2v) is 7.22. The van der Waals surface area contributed by atoms with E-state index in [1.54, 1.807) is 18.2 Å². The Kier molecular flexibility index (Phi) is 4.05. The van der Waals surface area contributed by atoms with Crippen molar-refractivity contribution in [3.05, 3.63) is 18.2 Å². The molecule has 1 aromatic carbocycles. The van der Waals surface area contributed by atoms with Crippen LogP contribution >= 0.6 is 0 Å². The summed E-state index contributed by atoms with van der Waals surface area (Å²) in [7, 11) is -3.52. The first kappa shape index (κ1) is 14.6. The Bertz CT molecular complexity index is 611. The van der Waals surface area contributed by atoms with Gasteiger partial charge in [0.25, 0.3) is 0 Å². The van der Waals surface area contributed by atoms with Crippen LogP contribution in [0, 0.1) is 0 Å². The highest BCUT2D eigenvalue weighted by atomic mass is 32.2. The summed E-state index contributed by atoms with van der Waals surface area (Å²) in [6, 6.07) is 4.87. The second kappa shape index (κ2) is 5.82. The molecule has 0 aromatic heterocycles. The van der Waals surface area contributed by atoms with Gasteiger partial charge in [0.05, 0.1) is 23.2 Å². The summed E-state index contributed by atoms with van der Waals surface area (Å²) in [5, 5.41) is 3.18. The smallest absolute Gasteiger partial charge is 0.240 e. The van der Waals surface area contributed by atoms with Gasteiger partial charge in [-0.1, -0.05) is 0 Å². The lowest BCUT2D eigenvalue weighted by atomic mass is 10.2. The van der Waals surface area contributed by atoms with Crippen LogP contribution in [0.1, 0.15) is 19.8 Å². The van der Waals surface area contributed by atoms with Gasteiger partial charge in [-0.25, -0.2) is 13.1 Å². The average molecular weight is 312 g/mol. The predicted octanol–water partition coefficient (Wildman–Crippen LogP) is 1.34. The van der Waals surface area contributed by atoms with E-state index >= 15 is 0 Å². The Morgan fingerprint density at radius 3 is 3.05 bits per heavy atom. The van der Waals surface area contributed by atoms with E-state index in [1.165, 1.54) is 0 Å². The van der Waals surface area contributed by atoms with Crippen molar-refractivity contribution in [1.29, 1.82) is 0 Å². The van der Waals surface area contributed by atoms with Gasteiger partial charge in [-0.3, -0.25) is 0 Å². The molecule has 0 spiro atoms. The van der Waals surface area contributed by atoms with E-state index in [0.29, 0.717) is 31.1 Å². The normalized spacial score (nSPS) is 25.0. The van der Waals surface area contributed by atoms with Gasteiger partial charge in [-0.2, -0.15) is 0 Å². The largest absolute Gasteiger partial charge is 0.487 e. The third-order valence-corrected chi connectivity index (χ3v) is 5.12. The lowest BCUT2D eigenvalue weighted by Gasteiger charge is -2.25. The zero-order valence-corrected chi connectivity index (χ0v) is 12.8. The molecule has 1 fully saturated rings. The molecule has 2 N–H and O–H groups in total. The molecule has 21 heavy (non-hydrogen) atoms. The molecule has 2 atom stereocenters. The Morgan fingerprint density at radius 1 is 1.43 bits per heavy atom. The molecule has 2 aliphatic rings. The van der Waals surface area contributed by atoms with E-state index in [2.05, 4.69) is 10.0 Å². The van der Waals surface area contributed by atoms with Gasteiger partial charge in [-0.05, 0) is 38.0 Å². The van der Waals surface area contributed by atoms with Crippen molar-refractivity contribution in [2.75, 3.05) is 25.0 Å². The standard InChI is InChI=1S/C14H20N2O4S/c1-10-8-15-13-7-12(4-5-14(13)20-10)21(17,18)16-9-11-3-2-6-19-11/h4-5,7,10-11,15-16H,2-3,6,8-9H2,1H3. The summed E-state index contributed by atoms with van der Waals surface area (Å²) in [4.78, 5) is 0.241. The monoisotopic (exact) mass is 312 g/mol. The second-order valence-electron chi connectivity index (χ2n) is 5.45. The third kappa shape index (κ3) is 3.30. The zero-order chi connectivity index (χ0) is 14.9. The topological polar surface area (TPSA) is 76.7 Å². The van der Waals surface area contributed by atoms with Crippen molar-refractivity contribution in [3.63, 3.8) is 0 Å². The van der Waals surface area contributed by atoms with Gasteiger partial charge in [0.15, 0.2) is 0 Å². The van der Waals surface area contributed by atoms with Gasteiger partial charge in [0.2, 0.25) is 10.0 Å². The number of hydrogen-bond donors (Lipinski definition) is 2. The van der Waals surface area contributed by atoms with Crippen molar-refractivity contribution in [2.24, 2.45) is 0 Å². The first-order valence-corrected chi connectivity index (χ1v) is 8.69. The van der Waals surface area contributed by atoms with Crippen molar-refractivity contribution in [1.82, 2.24) is 4.72 Å². The van der Waals surface area contributed by atoms with E-state index in [9.17, 15) is 8.42 Å². The molecule has 6 nitrogen and oxygen atoms in total. The molecule has 2 aliphatic heterocycles. The van der Waals surface area contributed by atoms with E-state index in [0.717, 1.165) is 12.8 Å². The summed E-state index contributed by atoms with van der Waals surface area (Å²) in [6.07, 6.45) is 1.96. The van der Waals surface area contributed by atoms with E-state index in [4.69, 9.17) is 9.47 Å². The maximum Gasteiger partial charge on any atom is 0.240 e. The molecule has 0 saturated carbocycles. The average Bonchev–Trinajstić information content (AvgIpc) is 2.98. The summed E-state index contributed by atoms with van der Waals surface area (Å²) in [6.45, 7) is 3.66. The van der Waals surface area contributed by atoms with Crippen LogP contribution in [0.4, 0.5) is 5.69 Å². The summed E-state index contributed by atoms with van der Waals surface area (Å²) >= 11 is 0. The summed E-state index contributed by atoms with van der Waals surface area (Å²) < 4.78 is 38.3. The first-order chi connectivity index (χ1) is 10.0. The third-order valence-electron chi connectivity index (χ3n) is 3.69. The molecule has 2 heterocycles. The fourth-order valence-electron chi connectivity index (χ4n) is 2.52. The van der Waals surface area contributed by atoms with E-state index in [-0.39, 0.29) is 17.1 Å². The van der Waals surface area contributed by atoms with Crippen LogP contribution in [0.2, 0.25) is 0 Å². The van der Waals surface area contributed by atoms with Crippen LogP contribution in [0.25, 0.3) is 0 Å². The molecule has 116 valence electrons. The molecular formula is C14H20N2O4S. The molecular weight excluding hydrogens is 292 g/mol. The highest BCUT2D eigenvalue weighted by Gasteiger charge is 2.22. The Labute approximate surface area is 124 Å². The molecule has 0 aliphatic carbocycles. The fourth-order valence-corrected chi connectivity index (χ4v) is 3.61. The molecule has 3 rings (SSSR count). The number of anilines is 1. The Morgan fingerprint density at radius 2 is 2.29 bits per heavy atom. The zero-order valence-electron chi connectivity index (χ0n) is 12.0. The molecule has 2 unspecified atom stereocenters. The minimum absolute atomic E-state index is 0.0142. The minimum Gasteiger partial charge on any atom is -0.487 e. The molecule has 0 radical (unpaired) electrons. The molecule has 1 saturated heterocycles. The summed E-state index contributed by atoms with van der Waals surface area (Å²) in [5.74, 6) is 0.687. The van der Waals surface area contributed by atoms with Crippen molar-refractivity contribution >= 4 is 15.7 Å². The number of ether oxygens (including phenoxy) is 2. The Balaban J connectivity index is 1.73. The van der Waals surface area contributed by atoms with Crippen LogP contribution in [-0.4, -0.2) is 40.3 Å². The molecule has 0 bridgehead atoms.